The van der Waals surface area contributed by atoms with Gasteiger partial charge in [-0.1, -0.05) is 18.2 Å². The number of hydrogen-bond acceptors (Lipinski definition) is 4. The zero-order valence-electron chi connectivity index (χ0n) is 11.1. The third-order valence-electron chi connectivity index (χ3n) is 3.52. The molecule has 0 aliphatic carbocycles. The number of benzene rings is 1. The number of sulfone groups is 1. The van der Waals surface area contributed by atoms with E-state index in [1.165, 1.54) is 6.07 Å². The van der Waals surface area contributed by atoms with E-state index < -0.39 is 16.4 Å². The van der Waals surface area contributed by atoms with E-state index in [1.54, 1.807) is 25.2 Å². The molecular formula is C13H17F2NO3S. The monoisotopic (exact) mass is 305 g/mol. The molecule has 0 radical (unpaired) electrons. The van der Waals surface area contributed by atoms with Crippen LogP contribution in [-0.4, -0.2) is 33.6 Å². The Balaban J connectivity index is 2.28. The SMILES string of the molecule is CNC(c1ccccc1OC(F)F)C1CCS(=O)(=O)C1. The van der Waals surface area contributed by atoms with Crippen LogP contribution in [0.2, 0.25) is 0 Å². The summed E-state index contributed by atoms with van der Waals surface area (Å²) in [6, 6.07) is 6.17. The van der Waals surface area contributed by atoms with E-state index >= 15 is 0 Å². The van der Waals surface area contributed by atoms with Crippen LogP contribution in [0.15, 0.2) is 24.3 Å². The first-order chi connectivity index (χ1) is 9.43. The average Bonchev–Trinajstić information content (AvgIpc) is 2.72. The third-order valence-corrected chi connectivity index (χ3v) is 5.31. The number of halogens is 2. The van der Waals surface area contributed by atoms with Crippen LogP contribution in [0, 0.1) is 5.92 Å². The fourth-order valence-corrected chi connectivity index (χ4v) is 4.51. The fourth-order valence-electron chi connectivity index (χ4n) is 2.67. The van der Waals surface area contributed by atoms with Gasteiger partial charge in [0.1, 0.15) is 5.75 Å². The van der Waals surface area contributed by atoms with Crippen LogP contribution >= 0.6 is 0 Å². The molecule has 2 unspecified atom stereocenters. The molecule has 0 saturated carbocycles. The van der Waals surface area contributed by atoms with Gasteiger partial charge in [-0.15, -0.1) is 0 Å². The smallest absolute Gasteiger partial charge is 0.387 e. The first-order valence-corrected chi connectivity index (χ1v) is 8.16. The molecule has 0 aromatic heterocycles. The summed E-state index contributed by atoms with van der Waals surface area (Å²) >= 11 is 0. The lowest BCUT2D eigenvalue weighted by Crippen LogP contribution is -2.27. The van der Waals surface area contributed by atoms with Gasteiger partial charge in [-0.05, 0) is 25.5 Å². The van der Waals surface area contributed by atoms with Crippen molar-refractivity contribution >= 4 is 9.84 Å². The van der Waals surface area contributed by atoms with Crippen molar-refractivity contribution in [2.24, 2.45) is 5.92 Å². The second kappa shape index (κ2) is 6.05. The van der Waals surface area contributed by atoms with Crippen molar-refractivity contribution < 1.29 is 21.9 Å². The predicted molar refractivity (Wildman–Crippen MR) is 71.6 cm³/mol. The number of ether oxygens (including phenoxy) is 1. The Morgan fingerprint density at radius 2 is 2.05 bits per heavy atom. The van der Waals surface area contributed by atoms with E-state index in [-0.39, 0.29) is 29.2 Å². The molecule has 7 heteroatoms. The summed E-state index contributed by atoms with van der Waals surface area (Å²) < 4.78 is 52.5. The summed E-state index contributed by atoms with van der Waals surface area (Å²) in [6.07, 6.45) is 0.525. The first-order valence-electron chi connectivity index (χ1n) is 6.34. The van der Waals surface area contributed by atoms with Gasteiger partial charge >= 0.3 is 6.61 Å². The lowest BCUT2D eigenvalue weighted by Gasteiger charge is -2.24. The minimum Gasteiger partial charge on any atom is -0.434 e. The fraction of sp³-hybridized carbons (Fsp3) is 0.538. The Labute approximate surface area is 117 Å². The van der Waals surface area contributed by atoms with Crippen LogP contribution in [-0.2, 0) is 9.84 Å². The van der Waals surface area contributed by atoms with Gasteiger partial charge in [-0.2, -0.15) is 8.78 Å². The van der Waals surface area contributed by atoms with Crippen LogP contribution in [0.4, 0.5) is 8.78 Å². The maximum absolute atomic E-state index is 12.4. The lowest BCUT2D eigenvalue weighted by molar-refractivity contribution is -0.0508. The molecule has 0 spiro atoms. The lowest BCUT2D eigenvalue weighted by atomic mass is 9.92. The van der Waals surface area contributed by atoms with Crippen molar-refractivity contribution in [2.75, 3.05) is 18.6 Å². The van der Waals surface area contributed by atoms with Gasteiger partial charge in [-0.3, -0.25) is 0 Å². The zero-order chi connectivity index (χ0) is 14.8. The second-order valence-corrected chi connectivity index (χ2v) is 7.07. The molecule has 1 fully saturated rings. The second-order valence-electron chi connectivity index (χ2n) is 4.85. The van der Waals surface area contributed by atoms with Gasteiger partial charge in [-0.25, -0.2) is 8.42 Å². The van der Waals surface area contributed by atoms with E-state index in [0.717, 1.165) is 0 Å². The van der Waals surface area contributed by atoms with E-state index in [2.05, 4.69) is 10.1 Å². The highest BCUT2D eigenvalue weighted by Crippen LogP contribution is 2.36. The molecule has 2 atom stereocenters. The molecule has 1 aromatic carbocycles. The topological polar surface area (TPSA) is 55.4 Å². The molecular weight excluding hydrogens is 288 g/mol. The highest BCUT2D eigenvalue weighted by molar-refractivity contribution is 7.91. The molecule has 1 heterocycles. The Bertz CT molecular complexity index is 562. The van der Waals surface area contributed by atoms with Gasteiger partial charge in [0.25, 0.3) is 0 Å². The third kappa shape index (κ3) is 3.46. The quantitative estimate of drug-likeness (QED) is 0.904. The highest BCUT2D eigenvalue weighted by atomic mass is 32.2. The molecule has 1 aliphatic rings. The summed E-state index contributed by atoms with van der Waals surface area (Å²) in [4.78, 5) is 0. The number of nitrogens with one attached hydrogen (secondary N) is 1. The normalized spacial score (nSPS) is 22.9. The maximum atomic E-state index is 12.4. The molecule has 1 aliphatic heterocycles. The molecule has 4 nitrogen and oxygen atoms in total. The van der Waals surface area contributed by atoms with Crippen molar-refractivity contribution in [3.63, 3.8) is 0 Å². The minimum absolute atomic E-state index is 0.0710. The summed E-state index contributed by atoms with van der Waals surface area (Å²) in [5, 5.41) is 3.02. The Kier molecular flexibility index (Phi) is 4.59. The first kappa shape index (κ1) is 15.2. The molecule has 1 N–H and O–H groups in total. The van der Waals surface area contributed by atoms with Crippen molar-refractivity contribution in [1.29, 1.82) is 0 Å². The van der Waals surface area contributed by atoms with Crippen LogP contribution in [0.1, 0.15) is 18.0 Å². The summed E-state index contributed by atoms with van der Waals surface area (Å²) in [6.45, 7) is -2.90. The van der Waals surface area contributed by atoms with Gasteiger partial charge in [0, 0.05) is 11.6 Å². The number of para-hydroxylation sites is 1. The van der Waals surface area contributed by atoms with Gasteiger partial charge in [0.15, 0.2) is 9.84 Å². The predicted octanol–water partition coefficient (Wildman–Crippen LogP) is 1.98. The molecule has 1 saturated heterocycles. The van der Waals surface area contributed by atoms with Crippen LogP contribution in [0.3, 0.4) is 0 Å². The van der Waals surface area contributed by atoms with Crippen molar-refractivity contribution in [3.8, 4) is 5.75 Å². The summed E-state index contributed by atoms with van der Waals surface area (Å²) in [5.74, 6) is 0.175. The Hall–Kier alpha value is -1.21. The van der Waals surface area contributed by atoms with Crippen molar-refractivity contribution in [1.82, 2.24) is 5.32 Å². The van der Waals surface area contributed by atoms with Crippen molar-refractivity contribution in [3.05, 3.63) is 29.8 Å². The zero-order valence-corrected chi connectivity index (χ0v) is 11.9. The van der Waals surface area contributed by atoms with Gasteiger partial charge in [0.05, 0.1) is 11.5 Å². The van der Waals surface area contributed by atoms with Crippen molar-refractivity contribution in [2.45, 2.75) is 19.1 Å². The Morgan fingerprint density at radius 3 is 2.60 bits per heavy atom. The average molecular weight is 305 g/mol. The largest absolute Gasteiger partial charge is 0.434 e. The maximum Gasteiger partial charge on any atom is 0.387 e. The molecule has 2 rings (SSSR count). The number of alkyl halides is 2. The van der Waals surface area contributed by atoms with Gasteiger partial charge in [0.2, 0.25) is 0 Å². The molecule has 20 heavy (non-hydrogen) atoms. The summed E-state index contributed by atoms with van der Waals surface area (Å²) in [5.41, 5.74) is 0.567. The van der Waals surface area contributed by atoms with E-state index in [0.29, 0.717) is 12.0 Å². The van der Waals surface area contributed by atoms with E-state index in [4.69, 9.17) is 0 Å². The molecule has 112 valence electrons. The Morgan fingerprint density at radius 1 is 1.35 bits per heavy atom. The van der Waals surface area contributed by atoms with Crippen LogP contribution in [0.5, 0.6) is 5.75 Å². The highest BCUT2D eigenvalue weighted by Gasteiger charge is 2.35. The number of rotatable bonds is 5. The van der Waals surface area contributed by atoms with E-state index in [9.17, 15) is 17.2 Å². The summed E-state index contributed by atoms with van der Waals surface area (Å²) in [7, 11) is -1.33. The van der Waals surface area contributed by atoms with E-state index in [1.807, 2.05) is 0 Å². The molecule has 0 bridgehead atoms. The van der Waals surface area contributed by atoms with Gasteiger partial charge < -0.3 is 10.1 Å². The number of hydrogen-bond donors (Lipinski definition) is 1. The molecule has 0 amide bonds. The standard InChI is InChI=1S/C13H17F2NO3S/c1-16-12(9-6-7-20(17,18)8-9)10-4-2-3-5-11(10)19-13(14)15/h2-5,9,12-13,16H,6-8H2,1H3. The molecule has 1 aromatic rings. The minimum atomic E-state index is -3.02. The van der Waals surface area contributed by atoms with Crippen LogP contribution in [0.25, 0.3) is 0 Å². The van der Waals surface area contributed by atoms with Crippen LogP contribution < -0.4 is 10.1 Å².